The van der Waals surface area contributed by atoms with Crippen molar-refractivity contribution in [2.75, 3.05) is 67.0 Å². The van der Waals surface area contributed by atoms with Crippen LogP contribution in [-0.4, -0.2) is 103 Å². The molecule has 3 rings (SSSR count). The Bertz CT molecular complexity index is 2010. The third-order valence-electron chi connectivity index (χ3n) is 7.29. The van der Waals surface area contributed by atoms with E-state index in [-0.39, 0.29) is 76.1 Å². The minimum atomic E-state index is -0.804. The van der Waals surface area contributed by atoms with Gasteiger partial charge in [0.05, 0.1) is 75.0 Å². The van der Waals surface area contributed by atoms with Crippen LogP contribution in [0.3, 0.4) is 0 Å². The molecule has 0 aliphatic carbocycles. The number of nitrogens with one attached hydrogen (secondary N) is 1. The van der Waals surface area contributed by atoms with Gasteiger partial charge in [0, 0.05) is 51.0 Å². The van der Waals surface area contributed by atoms with E-state index in [0.717, 1.165) is 6.29 Å². The van der Waals surface area contributed by atoms with Crippen LogP contribution in [0.25, 0.3) is 20.9 Å². The first-order chi connectivity index (χ1) is 29.7. The van der Waals surface area contributed by atoms with Crippen LogP contribution in [0.1, 0.15) is 56.0 Å². The van der Waals surface area contributed by atoms with E-state index in [2.05, 4.69) is 34.8 Å². The maximum atomic E-state index is 12.9. The van der Waals surface area contributed by atoms with Gasteiger partial charge >= 0.3 is 23.9 Å². The fraction of sp³-hybridized carbons (Fsp3) is 0.400. The van der Waals surface area contributed by atoms with Gasteiger partial charge in [0.15, 0.2) is 12.1 Å². The molecule has 1 aliphatic rings. The summed E-state index contributed by atoms with van der Waals surface area (Å²) in [6.07, 6.45) is 1.68. The summed E-state index contributed by atoms with van der Waals surface area (Å²) in [5, 5.41) is 10.6. The number of hydrogen-bond acceptors (Lipinski definition) is 16. The summed E-state index contributed by atoms with van der Waals surface area (Å²) in [5.41, 5.74) is 24.4. The molecule has 0 bridgehead atoms. The van der Waals surface area contributed by atoms with Crippen LogP contribution < -0.4 is 11.1 Å². The molecule has 22 heteroatoms. The van der Waals surface area contributed by atoms with Gasteiger partial charge in [-0.1, -0.05) is 69.8 Å². The number of Topliss-reactive ketones (excluding diaryl/α,β-unsaturated/α-hetero) is 1. The number of hydrogen-bond donors (Lipinski definition) is 2. The normalized spacial score (nSPS) is 12.6. The molecular weight excluding hydrogens is 855 g/mol. The number of halogens is 2. The highest BCUT2D eigenvalue weighted by atomic mass is 35.5. The number of carbonyl (C=O) groups excluding carboxylic acids is 6. The van der Waals surface area contributed by atoms with Crippen molar-refractivity contribution >= 4 is 59.1 Å². The molecule has 0 aromatic heterocycles. The lowest BCUT2D eigenvalue weighted by molar-refractivity contribution is -0.146. The molecule has 336 valence electrons. The summed E-state index contributed by atoms with van der Waals surface area (Å²) in [7, 11) is 2.58. The number of aldehydes is 1. The number of benzene rings is 2. The molecule has 1 aliphatic heterocycles. The Balaban J connectivity index is 0.000000955. The summed E-state index contributed by atoms with van der Waals surface area (Å²) >= 11 is 12.0. The van der Waals surface area contributed by atoms with E-state index >= 15 is 0 Å². The second kappa shape index (κ2) is 33.3. The first-order valence-electron chi connectivity index (χ1n) is 18.4. The fourth-order valence-electron chi connectivity index (χ4n) is 4.76. The van der Waals surface area contributed by atoms with Crippen molar-refractivity contribution in [3.63, 3.8) is 0 Å². The predicted molar refractivity (Wildman–Crippen MR) is 228 cm³/mol. The number of ketones is 1. The third kappa shape index (κ3) is 22.3. The Morgan fingerprint density at radius 3 is 1.90 bits per heavy atom. The lowest BCUT2D eigenvalue weighted by Crippen LogP contribution is -2.35. The molecule has 20 nitrogen and oxygen atoms in total. The number of esters is 4. The number of dihydropyridines is 1. The molecule has 0 radical (unpaired) electrons. The van der Waals surface area contributed by atoms with Crippen molar-refractivity contribution in [3.8, 4) is 0 Å². The van der Waals surface area contributed by atoms with Crippen molar-refractivity contribution < 1.29 is 57.2 Å². The zero-order valence-corrected chi connectivity index (χ0v) is 36.6. The van der Waals surface area contributed by atoms with Crippen LogP contribution in [0.5, 0.6) is 0 Å². The number of azide groups is 2. The molecule has 2 aromatic carbocycles. The van der Waals surface area contributed by atoms with Crippen molar-refractivity contribution in [2.45, 2.75) is 40.0 Å². The zero-order chi connectivity index (χ0) is 46.9. The Morgan fingerprint density at radius 2 is 1.42 bits per heavy atom. The van der Waals surface area contributed by atoms with E-state index in [4.69, 9.17) is 58.9 Å². The smallest absolute Gasteiger partial charge is 0.336 e. The van der Waals surface area contributed by atoms with E-state index in [9.17, 15) is 28.8 Å². The number of carbonyl (C=O) groups is 6. The SMILES string of the molecule is CCOC(=O)C1=C(COCCN=[N+]=[N-])NC(C)=C(C(=O)OC)C1c1ccccc1Cl.CCOC(=O)CC(=O)COCCN=[N+]=[N-].COC(=O)/C=C(/C)N.O=Cc1ccccc1Cl. The highest BCUT2D eigenvalue weighted by Crippen LogP contribution is 2.41. The summed E-state index contributed by atoms with van der Waals surface area (Å²) in [6, 6.07) is 13.9. The van der Waals surface area contributed by atoms with Gasteiger partial charge in [-0.15, -0.1) is 0 Å². The van der Waals surface area contributed by atoms with Gasteiger partial charge in [-0.3, -0.25) is 14.4 Å². The standard InChI is InChI=1S/C20H23ClN4O5.C8H13N3O4.C7H5ClO.C5H9NO2/c1-4-30-20(27)18-15(11-29-10-9-23-25-22)24-12(2)16(19(26)28-3)17(18)13-7-5-6-8-14(13)21;1-2-15-8(13)5-7(12)6-14-4-3-10-11-9;8-7-4-2-1-3-6(7)5-9;1-4(6)3-5(7)8-2/h5-8,17,24H,4,9-11H2,1-3H3;2-6H2,1H3;1-5H;3H,6H2,1-2H3/b;;;4-3-. The predicted octanol–water partition coefficient (Wildman–Crippen LogP) is 6.63. The maximum absolute atomic E-state index is 12.9. The molecule has 0 saturated carbocycles. The van der Waals surface area contributed by atoms with Gasteiger partial charge in [0.1, 0.15) is 13.0 Å². The quantitative estimate of drug-likeness (QED) is 0.0172. The van der Waals surface area contributed by atoms with Crippen LogP contribution >= 0.6 is 23.2 Å². The maximum Gasteiger partial charge on any atom is 0.336 e. The molecular formula is C40H50Cl2N8O12. The van der Waals surface area contributed by atoms with E-state index in [1.165, 1.54) is 20.3 Å². The highest BCUT2D eigenvalue weighted by Gasteiger charge is 2.39. The van der Waals surface area contributed by atoms with E-state index < -0.39 is 29.8 Å². The van der Waals surface area contributed by atoms with Crippen LogP contribution in [0.15, 0.2) is 93.1 Å². The second-order valence-electron chi connectivity index (χ2n) is 11.8. The molecule has 2 aromatic rings. The number of allylic oxidation sites excluding steroid dienone is 2. The zero-order valence-electron chi connectivity index (χ0n) is 35.1. The van der Waals surface area contributed by atoms with E-state index in [1.807, 2.05) is 0 Å². The van der Waals surface area contributed by atoms with E-state index in [1.54, 1.807) is 76.2 Å². The molecule has 0 spiro atoms. The van der Waals surface area contributed by atoms with Gasteiger partial charge < -0.3 is 39.5 Å². The molecule has 1 heterocycles. The lowest BCUT2D eigenvalue weighted by Gasteiger charge is -2.31. The largest absolute Gasteiger partial charge is 0.466 e. The number of methoxy groups -OCH3 is 2. The molecule has 1 atom stereocenters. The first kappa shape index (κ1) is 55.6. The minimum absolute atomic E-state index is 0.0157. The van der Waals surface area contributed by atoms with Gasteiger partial charge in [0.2, 0.25) is 0 Å². The van der Waals surface area contributed by atoms with Crippen LogP contribution in [0.4, 0.5) is 0 Å². The fourth-order valence-corrected chi connectivity index (χ4v) is 5.19. The topological polar surface area (TPSA) is 293 Å². The van der Waals surface area contributed by atoms with Crippen molar-refractivity contribution in [3.05, 3.63) is 125 Å². The summed E-state index contributed by atoms with van der Waals surface area (Å²) in [5.74, 6) is -3.31. The van der Waals surface area contributed by atoms with Gasteiger partial charge in [-0.25, -0.2) is 14.4 Å². The van der Waals surface area contributed by atoms with Crippen LogP contribution in [0, 0.1) is 0 Å². The summed E-state index contributed by atoms with van der Waals surface area (Å²) in [6.45, 7) is 7.58. The molecule has 62 heavy (non-hydrogen) atoms. The van der Waals surface area contributed by atoms with Crippen molar-refractivity contribution in [1.82, 2.24) is 5.32 Å². The monoisotopic (exact) mass is 904 g/mol. The summed E-state index contributed by atoms with van der Waals surface area (Å²) in [4.78, 5) is 73.0. The van der Waals surface area contributed by atoms with Gasteiger partial charge in [-0.05, 0) is 56.5 Å². The van der Waals surface area contributed by atoms with Crippen molar-refractivity contribution in [1.29, 1.82) is 0 Å². The highest BCUT2D eigenvalue weighted by molar-refractivity contribution is 6.33. The second-order valence-corrected chi connectivity index (χ2v) is 12.6. The third-order valence-corrected chi connectivity index (χ3v) is 7.98. The Morgan fingerprint density at radius 1 is 0.839 bits per heavy atom. The Labute approximate surface area is 368 Å². The number of nitrogens with zero attached hydrogens (tertiary/aromatic N) is 6. The molecule has 0 amide bonds. The van der Waals surface area contributed by atoms with Crippen molar-refractivity contribution in [2.24, 2.45) is 16.0 Å². The van der Waals surface area contributed by atoms with E-state index in [0.29, 0.717) is 38.3 Å². The average Bonchev–Trinajstić information content (AvgIpc) is 3.24. The summed E-state index contributed by atoms with van der Waals surface area (Å²) < 4.78 is 29.5. The Hall–Kier alpha value is -6.40. The first-order valence-corrected chi connectivity index (χ1v) is 19.2. The van der Waals surface area contributed by atoms with Gasteiger partial charge in [0.25, 0.3) is 0 Å². The minimum Gasteiger partial charge on any atom is -0.466 e. The van der Waals surface area contributed by atoms with Crippen LogP contribution in [0.2, 0.25) is 10.0 Å². The Kier molecular flexibility index (Phi) is 29.9. The molecule has 0 saturated heterocycles. The number of rotatable bonds is 19. The molecule has 1 unspecified atom stereocenters. The molecule has 0 fully saturated rings. The van der Waals surface area contributed by atoms with Crippen LogP contribution in [-0.2, 0) is 52.4 Å². The number of nitrogens with two attached hydrogens (primary N) is 1. The number of ether oxygens (including phenoxy) is 6. The van der Waals surface area contributed by atoms with Gasteiger partial charge in [-0.2, -0.15) is 0 Å². The lowest BCUT2D eigenvalue weighted by atomic mass is 9.80. The molecule has 3 N–H and O–H groups in total. The average molecular weight is 906 g/mol.